The van der Waals surface area contributed by atoms with Crippen LogP contribution in [0.3, 0.4) is 0 Å². The third-order valence-electron chi connectivity index (χ3n) is 2.67. The lowest BCUT2D eigenvalue weighted by atomic mass is 10.1. The maximum absolute atomic E-state index is 11.5. The van der Waals surface area contributed by atoms with E-state index in [4.69, 9.17) is 18.9 Å². The van der Waals surface area contributed by atoms with Crippen molar-refractivity contribution in [2.75, 3.05) is 27.1 Å². The summed E-state index contributed by atoms with van der Waals surface area (Å²) in [6.45, 7) is 4.59. The smallest absolute Gasteiger partial charge is 0.335 e. The fraction of sp³-hybridized carbons (Fsp3) is 0.562. The summed E-state index contributed by atoms with van der Waals surface area (Å²) in [4.78, 5) is 11.5. The van der Waals surface area contributed by atoms with Crippen molar-refractivity contribution in [1.29, 1.82) is 0 Å². The predicted molar refractivity (Wildman–Crippen MR) is 80.7 cm³/mol. The fourth-order valence-corrected chi connectivity index (χ4v) is 1.70. The Balaban J connectivity index is 2.36. The maximum atomic E-state index is 11.5. The molecule has 0 unspecified atom stereocenters. The third kappa shape index (κ3) is 7.40. The average molecular weight is 312 g/mol. The summed E-state index contributed by atoms with van der Waals surface area (Å²) >= 11 is 0. The minimum atomic E-state index is -1.16. The van der Waals surface area contributed by atoms with Gasteiger partial charge in [0, 0.05) is 13.5 Å². The van der Waals surface area contributed by atoms with Gasteiger partial charge in [0.15, 0.2) is 6.10 Å². The van der Waals surface area contributed by atoms with Gasteiger partial charge in [0.25, 0.3) is 0 Å². The number of carbonyl (C=O) groups is 1. The molecular weight excluding hydrogens is 288 g/mol. The Bertz CT molecular complexity index is 429. The van der Waals surface area contributed by atoms with Crippen molar-refractivity contribution >= 4 is 5.97 Å². The third-order valence-corrected chi connectivity index (χ3v) is 2.67. The number of hydrogen-bond donors (Lipinski definition) is 1. The van der Waals surface area contributed by atoms with Crippen LogP contribution in [0.1, 0.15) is 19.4 Å². The second-order valence-electron chi connectivity index (χ2n) is 5.01. The van der Waals surface area contributed by atoms with Gasteiger partial charge < -0.3 is 24.1 Å². The lowest BCUT2D eigenvalue weighted by Gasteiger charge is -2.13. The summed E-state index contributed by atoms with van der Waals surface area (Å²) < 4.78 is 20.3. The molecule has 0 aromatic heterocycles. The number of methoxy groups -OCH3 is 1. The zero-order valence-corrected chi connectivity index (χ0v) is 13.3. The number of carbonyl (C=O) groups excluding carboxylic acids is 1. The van der Waals surface area contributed by atoms with E-state index < -0.39 is 12.1 Å². The number of rotatable bonds is 10. The van der Waals surface area contributed by atoms with E-state index in [1.165, 1.54) is 0 Å². The topological polar surface area (TPSA) is 74.2 Å². The first kappa shape index (κ1) is 18.4. The van der Waals surface area contributed by atoms with Gasteiger partial charge in [-0.15, -0.1) is 0 Å². The van der Waals surface area contributed by atoms with Crippen LogP contribution in [0.15, 0.2) is 24.3 Å². The van der Waals surface area contributed by atoms with Gasteiger partial charge >= 0.3 is 5.97 Å². The lowest BCUT2D eigenvalue weighted by molar-refractivity contribution is -0.157. The van der Waals surface area contributed by atoms with Gasteiger partial charge in [-0.1, -0.05) is 12.1 Å². The molecule has 6 nitrogen and oxygen atoms in total. The minimum absolute atomic E-state index is 0.211. The van der Waals surface area contributed by atoms with Crippen molar-refractivity contribution in [2.45, 2.75) is 32.5 Å². The Hall–Kier alpha value is -1.63. The number of ether oxygens (including phenoxy) is 4. The van der Waals surface area contributed by atoms with Crippen molar-refractivity contribution in [3.8, 4) is 5.75 Å². The summed E-state index contributed by atoms with van der Waals surface area (Å²) in [6, 6.07) is 7.17. The van der Waals surface area contributed by atoms with E-state index in [1.807, 2.05) is 0 Å². The first-order valence-electron chi connectivity index (χ1n) is 7.20. The molecule has 0 spiro atoms. The van der Waals surface area contributed by atoms with Gasteiger partial charge in [-0.25, -0.2) is 4.79 Å². The zero-order valence-electron chi connectivity index (χ0n) is 13.3. The second-order valence-corrected chi connectivity index (χ2v) is 5.01. The molecule has 0 bridgehead atoms. The van der Waals surface area contributed by atoms with Crippen LogP contribution in [0.25, 0.3) is 0 Å². The van der Waals surface area contributed by atoms with Crippen LogP contribution >= 0.6 is 0 Å². The van der Waals surface area contributed by atoms with Crippen LogP contribution < -0.4 is 4.74 Å². The fourth-order valence-electron chi connectivity index (χ4n) is 1.70. The molecule has 0 aliphatic heterocycles. The normalized spacial score (nSPS) is 12.2. The van der Waals surface area contributed by atoms with E-state index in [2.05, 4.69) is 0 Å². The zero-order chi connectivity index (χ0) is 16.4. The van der Waals surface area contributed by atoms with Crippen LogP contribution in [-0.4, -0.2) is 50.4 Å². The molecule has 0 saturated carbocycles. The Morgan fingerprint density at radius 3 is 2.45 bits per heavy atom. The number of hydrogen-bond acceptors (Lipinski definition) is 6. The largest absolute Gasteiger partial charge is 0.491 e. The molecule has 1 aromatic carbocycles. The molecule has 0 fully saturated rings. The highest BCUT2D eigenvalue weighted by atomic mass is 16.7. The van der Waals surface area contributed by atoms with Crippen LogP contribution in [0.4, 0.5) is 0 Å². The van der Waals surface area contributed by atoms with Crippen LogP contribution in [0.5, 0.6) is 5.75 Å². The standard InChI is InChI=1S/C16H24O6/c1-12(2)22-16(18)15(17)10-13-4-6-14(7-5-13)21-9-8-20-11-19-3/h4-7,12,15,17H,8-11H2,1-3H3/t15-/m0/s1. The molecule has 1 atom stereocenters. The van der Waals surface area contributed by atoms with Gasteiger partial charge in [0.2, 0.25) is 0 Å². The Morgan fingerprint density at radius 2 is 1.86 bits per heavy atom. The lowest BCUT2D eigenvalue weighted by Crippen LogP contribution is -2.27. The first-order valence-corrected chi connectivity index (χ1v) is 7.20. The Kier molecular flexibility index (Phi) is 8.50. The van der Waals surface area contributed by atoms with E-state index >= 15 is 0 Å². The molecule has 1 N–H and O–H groups in total. The van der Waals surface area contributed by atoms with E-state index in [9.17, 15) is 9.90 Å². The quantitative estimate of drug-likeness (QED) is 0.401. The van der Waals surface area contributed by atoms with E-state index in [1.54, 1.807) is 45.2 Å². The van der Waals surface area contributed by atoms with Crippen molar-refractivity contribution in [3.63, 3.8) is 0 Å². The molecule has 0 aliphatic rings. The van der Waals surface area contributed by atoms with Gasteiger partial charge in [-0.3, -0.25) is 0 Å². The summed E-state index contributed by atoms with van der Waals surface area (Å²) in [5.41, 5.74) is 0.830. The van der Waals surface area contributed by atoms with E-state index in [-0.39, 0.29) is 19.3 Å². The monoisotopic (exact) mass is 312 g/mol. The highest BCUT2D eigenvalue weighted by molar-refractivity contribution is 5.74. The molecule has 124 valence electrons. The van der Waals surface area contributed by atoms with Gasteiger partial charge in [-0.2, -0.15) is 0 Å². The Labute approximate surface area is 130 Å². The van der Waals surface area contributed by atoms with Crippen LogP contribution in [0, 0.1) is 0 Å². The molecular formula is C16H24O6. The van der Waals surface area contributed by atoms with Crippen molar-refractivity contribution < 1.29 is 28.8 Å². The average Bonchev–Trinajstić information content (AvgIpc) is 2.48. The molecule has 22 heavy (non-hydrogen) atoms. The summed E-state index contributed by atoms with van der Waals surface area (Å²) in [5.74, 6) is 0.0923. The predicted octanol–water partition coefficient (Wildman–Crippen LogP) is 1.54. The van der Waals surface area contributed by atoms with Gasteiger partial charge in [-0.05, 0) is 31.5 Å². The molecule has 0 radical (unpaired) electrons. The SMILES string of the molecule is COCOCCOc1ccc(C[C@H](O)C(=O)OC(C)C)cc1. The van der Waals surface area contributed by atoms with Crippen molar-refractivity contribution in [1.82, 2.24) is 0 Å². The Morgan fingerprint density at radius 1 is 1.18 bits per heavy atom. The van der Waals surface area contributed by atoms with Gasteiger partial charge in [0.05, 0.1) is 12.7 Å². The molecule has 0 heterocycles. The first-order chi connectivity index (χ1) is 10.5. The highest BCUT2D eigenvalue weighted by Gasteiger charge is 2.18. The van der Waals surface area contributed by atoms with Crippen molar-refractivity contribution in [3.05, 3.63) is 29.8 Å². The molecule has 6 heteroatoms. The minimum Gasteiger partial charge on any atom is -0.491 e. The number of esters is 1. The van der Waals surface area contributed by atoms with Crippen molar-refractivity contribution in [2.24, 2.45) is 0 Å². The summed E-state index contributed by atoms with van der Waals surface area (Å²) in [6.07, 6.45) is -1.18. The summed E-state index contributed by atoms with van der Waals surface area (Å²) in [5, 5.41) is 9.78. The molecule has 1 rings (SSSR count). The molecule has 0 aliphatic carbocycles. The van der Waals surface area contributed by atoms with Crippen LogP contribution in [0.2, 0.25) is 0 Å². The second kappa shape index (κ2) is 10.2. The van der Waals surface area contributed by atoms with Gasteiger partial charge in [0.1, 0.15) is 19.1 Å². The molecule has 1 aromatic rings. The number of aliphatic hydroxyl groups excluding tert-OH is 1. The maximum Gasteiger partial charge on any atom is 0.335 e. The van der Waals surface area contributed by atoms with E-state index in [0.717, 1.165) is 5.56 Å². The molecule has 0 amide bonds. The van der Waals surface area contributed by atoms with E-state index in [0.29, 0.717) is 19.0 Å². The van der Waals surface area contributed by atoms with Crippen LogP contribution in [-0.2, 0) is 25.4 Å². The number of aliphatic hydroxyl groups is 1. The number of benzene rings is 1. The molecule has 0 saturated heterocycles. The summed E-state index contributed by atoms with van der Waals surface area (Å²) in [7, 11) is 1.56. The highest BCUT2D eigenvalue weighted by Crippen LogP contribution is 2.14.